The maximum absolute atomic E-state index is 10.8. The van der Waals surface area contributed by atoms with Gasteiger partial charge in [0.1, 0.15) is 0 Å². The SMILES string of the molecule is COc1cc2cc(C)n(CC(=O)[O-])c2cc1OC. The number of hydrogen-bond donors (Lipinski definition) is 0. The fourth-order valence-electron chi connectivity index (χ4n) is 2.07. The minimum absolute atomic E-state index is 0.176. The van der Waals surface area contributed by atoms with Crippen molar-refractivity contribution in [3.63, 3.8) is 0 Å². The third kappa shape index (κ3) is 1.99. The van der Waals surface area contributed by atoms with Gasteiger partial charge in [-0.25, -0.2) is 0 Å². The van der Waals surface area contributed by atoms with Crippen LogP contribution in [0.4, 0.5) is 0 Å². The van der Waals surface area contributed by atoms with Crippen molar-refractivity contribution in [1.82, 2.24) is 4.57 Å². The molecule has 0 saturated heterocycles. The van der Waals surface area contributed by atoms with Gasteiger partial charge in [-0.15, -0.1) is 0 Å². The lowest BCUT2D eigenvalue weighted by molar-refractivity contribution is -0.306. The molecule has 18 heavy (non-hydrogen) atoms. The van der Waals surface area contributed by atoms with E-state index in [4.69, 9.17) is 9.47 Å². The number of fused-ring (bicyclic) bond motifs is 1. The number of carbonyl (C=O) groups is 1. The van der Waals surface area contributed by atoms with E-state index in [1.165, 1.54) is 0 Å². The molecule has 0 spiro atoms. The third-order valence-corrected chi connectivity index (χ3v) is 2.90. The molecule has 0 amide bonds. The first-order valence-electron chi connectivity index (χ1n) is 5.48. The Kier molecular flexibility index (Phi) is 3.14. The minimum Gasteiger partial charge on any atom is -0.548 e. The van der Waals surface area contributed by atoms with Crippen LogP contribution in [-0.2, 0) is 11.3 Å². The molecule has 0 N–H and O–H groups in total. The molecule has 5 nitrogen and oxygen atoms in total. The second-order valence-corrected chi connectivity index (χ2v) is 4.01. The summed E-state index contributed by atoms with van der Waals surface area (Å²) in [4.78, 5) is 10.8. The van der Waals surface area contributed by atoms with E-state index in [1.54, 1.807) is 24.9 Å². The van der Waals surface area contributed by atoms with E-state index < -0.39 is 5.97 Å². The van der Waals surface area contributed by atoms with Crippen LogP contribution >= 0.6 is 0 Å². The molecule has 1 aromatic carbocycles. The molecule has 96 valence electrons. The molecule has 2 rings (SSSR count). The van der Waals surface area contributed by atoms with Crippen molar-refractivity contribution >= 4 is 16.9 Å². The second-order valence-electron chi connectivity index (χ2n) is 4.01. The van der Waals surface area contributed by atoms with Crippen LogP contribution in [0.15, 0.2) is 18.2 Å². The molecule has 0 radical (unpaired) electrons. The Morgan fingerprint density at radius 2 is 1.83 bits per heavy atom. The number of aromatic nitrogens is 1. The van der Waals surface area contributed by atoms with Gasteiger partial charge < -0.3 is 23.9 Å². The number of hydrogen-bond acceptors (Lipinski definition) is 4. The largest absolute Gasteiger partial charge is 0.548 e. The highest BCUT2D eigenvalue weighted by Gasteiger charge is 2.11. The number of ether oxygens (including phenoxy) is 2. The lowest BCUT2D eigenvalue weighted by Gasteiger charge is -2.11. The van der Waals surface area contributed by atoms with Crippen LogP contribution in [0.1, 0.15) is 5.69 Å². The number of carboxylic acids is 1. The monoisotopic (exact) mass is 248 g/mol. The molecule has 0 aliphatic carbocycles. The van der Waals surface area contributed by atoms with Crippen molar-refractivity contribution in [2.24, 2.45) is 0 Å². The minimum atomic E-state index is -1.12. The first kappa shape index (κ1) is 12.3. The first-order valence-corrected chi connectivity index (χ1v) is 5.48. The van der Waals surface area contributed by atoms with E-state index in [-0.39, 0.29) is 6.54 Å². The topological polar surface area (TPSA) is 63.5 Å². The van der Waals surface area contributed by atoms with E-state index in [9.17, 15) is 9.90 Å². The highest BCUT2D eigenvalue weighted by atomic mass is 16.5. The van der Waals surface area contributed by atoms with E-state index in [0.717, 1.165) is 16.6 Å². The number of rotatable bonds is 4. The maximum Gasteiger partial charge on any atom is 0.162 e. The number of aryl methyl sites for hydroxylation is 1. The van der Waals surface area contributed by atoms with Gasteiger partial charge in [-0.2, -0.15) is 0 Å². The number of nitrogens with zero attached hydrogens (tertiary/aromatic N) is 1. The lowest BCUT2D eigenvalue weighted by atomic mass is 10.2. The predicted octanol–water partition coefficient (Wildman–Crippen LogP) is 0.717. The summed E-state index contributed by atoms with van der Waals surface area (Å²) in [5.74, 6) is 0.0729. The zero-order valence-corrected chi connectivity index (χ0v) is 10.5. The predicted molar refractivity (Wildman–Crippen MR) is 64.8 cm³/mol. The van der Waals surface area contributed by atoms with E-state index in [0.29, 0.717) is 11.5 Å². The summed E-state index contributed by atoms with van der Waals surface area (Å²) >= 11 is 0. The zero-order valence-electron chi connectivity index (χ0n) is 10.5. The smallest absolute Gasteiger partial charge is 0.162 e. The van der Waals surface area contributed by atoms with Crippen LogP contribution in [0.3, 0.4) is 0 Å². The fraction of sp³-hybridized carbons (Fsp3) is 0.308. The molecule has 0 atom stereocenters. The van der Waals surface area contributed by atoms with Gasteiger partial charge in [-0.1, -0.05) is 0 Å². The number of carbonyl (C=O) groups excluding carboxylic acids is 1. The van der Waals surface area contributed by atoms with Crippen molar-refractivity contribution < 1.29 is 19.4 Å². The first-order chi connectivity index (χ1) is 8.56. The Hall–Kier alpha value is -2.17. The van der Waals surface area contributed by atoms with Crippen molar-refractivity contribution in [1.29, 1.82) is 0 Å². The average molecular weight is 248 g/mol. The number of carboxylic acid groups (broad SMARTS) is 1. The van der Waals surface area contributed by atoms with E-state index >= 15 is 0 Å². The van der Waals surface area contributed by atoms with Crippen LogP contribution < -0.4 is 14.6 Å². The molecule has 0 unspecified atom stereocenters. The van der Waals surface area contributed by atoms with Crippen molar-refractivity contribution in [3.05, 3.63) is 23.9 Å². The summed E-state index contributed by atoms with van der Waals surface area (Å²) in [5, 5.41) is 11.7. The molecule has 1 heterocycles. The van der Waals surface area contributed by atoms with Gasteiger partial charge in [-0.05, 0) is 19.1 Å². The van der Waals surface area contributed by atoms with E-state index in [1.807, 2.05) is 19.1 Å². The Morgan fingerprint density at radius 3 is 2.39 bits per heavy atom. The molecule has 0 fully saturated rings. The van der Waals surface area contributed by atoms with Gasteiger partial charge in [-0.3, -0.25) is 0 Å². The van der Waals surface area contributed by atoms with Crippen LogP contribution in [0.5, 0.6) is 11.5 Å². The number of methoxy groups -OCH3 is 2. The number of benzene rings is 1. The van der Waals surface area contributed by atoms with Gasteiger partial charge in [0.05, 0.1) is 32.3 Å². The quantitative estimate of drug-likeness (QED) is 0.799. The van der Waals surface area contributed by atoms with Crippen LogP contribution in [0.2, 0.25) is 0 Å². The normalized spacial score (nSPS) is 10.6. The summed E-state index contributed by atoms with van der Waals surface area (Å²) in [6.45, 7) is 1.67. The Bertz CT molecular complexity index is 601. The van der Waals surface area contributed by atoms with Crippen molar-refractivity contribution in [3.8, 4) is 11.5 Å². The summed E-state index contributed by atoms with van der Waals surface area (Å²) in [6.07, 6.45) is 0. The Labute approximate surface area is 105 Å². The van der Waals surface area contributed by atoms with Gasteiger partial charge in [0, 0.05) is 17.1 Å². The highest BCUT2D eigenvalue weighted by Crippen LogP contribution is 2.33. The Balaban J connectivity index is 2.66. The molecule has 0 bridgehead atoms. The van der Waals surface area contributed by atoms with Gasteiger partial charge >= 0.3 is 0 Å². The van der Waals surface area contributed by atoms with Crippen LogP contribution in [0.25, 0.3) is 10.9 Å². The summed E-state index contributed by atoms with van der Waals surface area (Å²) in [5.41, 5.74) is 1.64. The molecular formula is C13H14NO4-. The standard InChI is InChI=1S/C13H15NO4/c1-8-4-9-5-11(17-2)12(18-3)6-10(9)14(8)7-13(15)16/h4-6H,7H2,1-3H3,(H,15,16)/p-1. The van der Waals surface area contributed by atoms with E-state index in [2.05, 4.69) is 0 Å². The summed E-state index contributed by atoms with van der Waals surface area (Å²) in [7, 11) is 3.11. The molecule has 0 aliphatic rings. The van der Waals surface area contributed by atoms with Crippen LogP contribution in [-0.4, -0.2) is 24.8 Å². The molecule has 0 saturated carbocycles. The number of aliphatic carboxylic acids is 1. The highest BCUT2D eigenvalue weighted by molar-refractivity contribution is 5.86. The average Bonchev–Trinajstić information content (AvgIpc) is 2.63. The lowest BCUT2D eigenvalue weighted by Crippen LogP contribution is -2.27. The molecule has 2 aromatic rings. The Morgan fingerprint density at radius 1 is 1.22 bits per heavy atom. The summed E-state index contributed by atoms with van der Waals surface area (Å²) < 4.78 is 12.1. The molecule has 5 heteroatoms. The van der Waals surface area contributed by atoms with Crippen LogP contribution in [0, 0.1) is 6.92 Å². The van der Waals surface area contributed by atoms with Gasteiger partial charge in [0.25, 0.3) is 0 Å². The zero-order chi connectivity index (χ0) is 13.3. The van der Waals surface area contributed by atoms with Gasteiger partial charge in [0.2, 0.25) is 0 Å². The third-order valence-electron chi connectivity index (χ3n) is 2.90. The van der Waals surface area contributed by atoms with Crippen molar-refractivity contribution in [2.75, 3.05) is 14.2 Å². The maximum atomic E-state index is 10.8. The second kappa shape index (κ2) is 4.60. The summed E-state index contributed by atoms with van der Waals surface area (Å²) in [6, 6.07) is 5.50. The van der Waals surface area contributed by atoms with Gasteiger partial charge in [0.15, 0.2) is 11.5 Å². The fourth-order valence-corrected chi connectivity index (χ4v) is 2.07. The van der Waals surface area contributed by atoms with Crippen molar-refractivity contribution in [2.45, 2.75) is 13.5 Å². The molecular weight excluding hydrogens is 234 g/mol. The molecule has 1 aromatic heterocycles. The molecule has 0 aliphatic heterocycles.